The summed E-state index contributed by atoms with van der Waals surface area (Å²) >= 11 is 0. The summed E-state index contributed by atoms with van der Waals surface area (Å²) in [4.78, 5) is 18.0. The van der Waals surface area contributed by atoms with Crippen molar-refractivity contribution in [1.29, 1.82) is 0 Å². The molecule has 12 heavy (non-hydrogen) atoms. The van der Waals surface area contributed by atoms with Gasteiger partial charge >= 0.3 is 5.97 Å². The molecule has 1 N–H and O–H groups in total. The molecule has 0 aromatic carbocycles. The molecule has 1 heterocycles. The van der Waals surface area contributed by atoms with Gasteiger partial charge in [-0.05, 0) is 13.0 Å². The highest BCUT2D eigenvalue weighted by molar-refractivity contribution is 5.84. The lowest BCUT2D eigenvalue weighted by atomic mass is 10.4. The van der Waals surface area contributed by atoms with Gasteiger partial charge in [0.2, 0.25) is 0 Å². The van der Waals surface area contributed by atoms with Crippen LogP contribution in [0.2, 0.25) is 0 Å². The molecule has 0 radical (unpaired) electrons. The summed E-state index contributed by atoms with van der Waals surface area (Å²) in [6, 6.07) is 0. The number of hydrogen-bond acceptors (Lipinski definition) is 3. The Kier molecular flexibility index (Phi) is 2.53. The second-order valence-electron chi connectivity index (χ2n) is 2.26. The van der Waals surface area contributed by atoms with E-state index >= 15 is 0 Å². The van der Waals surface area contributed by atoms with Gasteiger partial charge in [-0.15, -0.1) is 0 Å². The molecule has 0 aliphatic heterocycles. The fraction of sp³-hybridized carbons (Fsp3) is 0.125. The predicted octanol–water partition coefficient (Wildman–Crippen LogP) is 0.883. The minimum atomic E-state index is -0.988. The van der Waals surface area contributed by atoms with E-state index < -0.39 is 5.97 Å². The number of hydrogen-bond donors (Lipinski definition) is 1. The topological polar surface area (TPSA) is 63.1 Å². The molecule has 0 aliphatic rings. The van der Waals surface area contributed by atoms with Crippen LogP contribution in [-0.4, -0.2) is 21.0 Å². The second kappa shape index (κ2) is 3.61. The molecule has 0 bridgehead atoms. The molecule has 0 fully saturated rings. The van der Waals surface area contributed by atoms with Crippen LogP contribution in [0.25, 0.3) is 6.08 Å². The molecule has 62 valence electrons. The zero-order valence-electron chi connectivity index (χ0n) is 6.56. The average Bonchev–Trinajstić information content (AvgIpc) is 2.01. The molecule has 1 rings (SSSR count). The second-order valence-corrected chi connectivity index (χ2v) is 2.26. The zero-order valence-corrected chi connectivity index (χ0v) is 6.56. The number of aromatic nitrogens is 2. The fourth-order valence-corrected chi connectivity index (χ4v) is 0.720. The first kappa shape index (κ1) is 8.39. The predicted molar refractivity (Wildman–Crippen MR) is 43.4 cm³/mol. The standard InChI is InChI=1S/C8H8N2O2/c1-6-4-9-5-7(10-6)2-3-8(11)12/h2-5H,1H3,(H,11,12). The smallest absolute Gasteiger partial charge is 0.328 e. The lowest BCUT2D eigenvalue weighted by Gasteiger charge is -1.92. The number of aliphatic carboxylic acids is 1. The van der Waals surface area contributed by atoms with Crippen molar-refractivity contribution in [2.24, 2.45) is 0 Å². The monoisotopic (exact) mass is 164 g/mol. The molecule has 0 saturated heterocycles. The first-order valence-corrected chi connectivity index (χ1v) is 3.38. The molecule has 4 heteroatoms. The third-order valence-corrected chi connectivity index (χ3v) is 1.17. The Morgan fingerprint density at radius 1 is 1.58 bits per heavy atom. The minimum absolute atomic E-state index is 0.553. The summed E-state index contributed by atoms with van der Waals surface area (Å²) < 4.78 is 0. The minimum Gasteiger partial charge on any atom is -0.478 e. The van der Waals surface area contributed by atoms with Gasteiger partial charge in [-0.3, -0.25) is 9.97 Å². The Morgan fingerprint density at radius 3 is 2.92 bits per heavy atom. The maximum Gasteiger partial charge on any atom is 0.328 e. The van der Waals surface area contributed by atoms with Gasteiger partial charge in [0.05, 0.1) is 17.6 Å². The SMILES string of the molecule is Cc1cncc(C=CC(=O)O)n1. The van der Waals surface area contributed by atoms with Crippen molar-refractivity contribution in [2.75, 3.05) is 0 Å². The van der Waals surface area contributed by atoms with E-state index in [1.165, 1.54) is 12.3 Å². The van der Waals surface area contributed by atoms with Gasteiger partial charge in [0.1, 0.15) is 0 Å². The lowest BCUT2D eigenvalue weighted by molar-refractivity contribution is -0.131. The molecule has 0 saturated carbocycles. The molecule has 4 nitrogen and oxygen atoms in total. The number of carboxylic acid groups (broad SMARTS) is 1. The Labute approximate surface area is 69.6 Å². The Balaban J connectivity index is 2.83. The van der Waals surface area contributed by atoms with Crippen LogP contribution < -0.4 is 0 Å². The summed E-state index contributed by atoms with van der Waals surface area (Å²) in [7, 11) is 0. The molecule has 0 unspecified atom stereocenters. The number of nitrogens with zero attached hydrogens (tertiary/aromatic N) is 2. The molecular formula is C8H8N2O2. The van der Waals surface area contributed by atoms with Crippen molar-refractivity contribution in [2.45, 2.75) is 6.92 Å². The van der Waals surface area contributed by atoms with Crippen LogP contribution in [0, 0.1) is 6.92 Å². The lowest BCUT2D eigenvalue weighted by Crippen LogP contribution is -1.89. The number of aryl methyl sites for hydroxylation is 1. The maximum atomic E-state index is 10.1. The van der Waals surface area contributed by atoms with Crippen LogP contribution in [0.15, 0.2) is 18.5 Å². The van der Waals surface area contributed by atoms with Crippen LogP contribution in [0.3, 0.4) is 0 Å². The first-order valence-electron chi connectivity index (χ1n) is 3.38. The molecular weight excluding hydrogens is 156 g/mol. The van der Waals surface area contributed by atoms with Crippen molar-refractivity contribution in [3.63, 3.8) is 0 Å². The van der Waals surface area contributed by atoms with E-state index in [9.17, 15) is 4.79 Å². The molecule has 1 aromatic heterocycles. The highest BCUT2D eigenvalue weighted by Gasteiger charge is 1.91. The van der Waals surface area contributed by atoms with Crippen LogP contribution in [0.1, 0.15) is 11.4 Å². The zero-order chi connectivity index (χ0) is 8.97. The van der Waals surface area contributed by atoms with Gasteiger partial charge in [-0.25, -0.2) is 4.79 Å². The van der Waals surface area contributed by atoms with Gasteiger partial charge in [-0.2, -0.15) is 0 Å². The summed E-state index contributed by atoms with van der Waals surface area (Å²) in [5, 5.41) is 8.31. The quantitative estimate of drug-likeness (QED) is 0.659. The molecule has 0 amide bonds. The van der Waals surface area contributed by atoms with E-state index in [0.717, 1.165) is 11.8 Å². The summed E-state index contributed by atoms with van der Waals surface area (Å²) in [6.07, 6.45) is 5.55. The van der Waals surface area contributed by atoms with Crippen LogP contribution in [-0.2, 0) is 4.79 Å². The molecule has 0 atom stereocenters. The number of carbonyl (C=O) groups is 1. The molecule has 1 aromatic rings. The van der Waals surface area contributed by atoms with E-state index in [1.807, 2.05) is 0 Å². The van der Waals surface area contributed by atoms with Crippen LogP contribution in [0.5, 0.6) is 0 Å². The highest BCUT2D eigenvalue weighted by Crippen LogP contribution is 1.96. The van der Waals surface area contributed by atoms with E-state index in [1.54, 1.807) is 13.1 Å². The summed E-state index contributed by atoms with van der Waals surface area (Å²) in [6.45, 7) is 1.80. The Morgan fingerprint density at radius 2 is 2.33 bits per heavy atom. The van der Waals surface area contributed by atoms with E-state index in [4.69, 9.17) is 5.11 Å². The summed E-state index contributed by atoms with van der Waals surface area (Å²) in [5.41, 5.74) is 1.32. The Bertz CT molecular complexity index is 321. The van der Waals surface area contributed by atoms with Crippen molar-refractivity contribution in [3.05, 3.63) is 29.9 Å². The van der Waals surface area contributed by atoms with Crippen molar-refractivity contribution < 1.29 is 9.90 Å². The van der Waals surface area contributed by atoms with Gasteiger partial charge in [0.25, 0.3) is 0 Å². The van der Waals surface area contributed by atoms with Gasteiger partial charge < -0.3 is 5.11 Å². The first-order chi connectivity index (χ1) is 5.68. The van der Waals surface area contributed by atoms with Crippen LogP contribution >= 0.6 is 0 Å². The summed E-state index contributed by atoms with van der Waals surface area (Å²) in [5.74, 6) is -0.988. The molecule has 0 aliphatic carbocycles. The average molecular weight is 164 g/mol. The van der Waals surface area contributed by atoms with Gasteiger partial charge in [0.15, 0.2) is 0 Å². The molecule has 0 spiro atoms. The van der Waals surface area contributed by atoms with E-state index in [0.29, 0.717) is 5.69 Å². The van der Waals surface area contributed by atoms with Crippen molar-refractivity contribution in [1.82, 2.24) is 9.97 Å². The van der Waals surface area contributed by atoms with E-state index in [-0.39, 0.29) is 0 Å². The maximum absolute atomic E-state index is 10.1. The van der Waals surface area contributed by atoms with Crippen molar-refractivity contribution in [3.8, 4) is 0 Å². The van der Waals surface area contributed by atoms with Crippen LogP contribution in [0.4, 0.5) is 0 Å². The third kappa shape index (κ3) is 2.49. The largest absolute Gasteiger partial charge is 0.478 e. The van der Waals surface area contributed by atoms with Crippen molar-refractivity contribution >= 4 is 12.0 Å². The van der Waals surface area contributed by atoms with E-state index in [2.05, 4.69) is 9.97 Å². The fourth-order valence-electron chi connectivity index (χ4n) is 0.720. The Hall–Kier alpha value is -1.71. The third-order valence-electron chi connectivity index (χ3n) is 1.17. The van der Waals surface area contributed by atoms with Gasteiger partial charge in [-0.1, -0.05) is 0 Å². The van der Waals surface area contributed by atoms with Gasteiger partial charge in [0, 0.05) is 12.3 Å². The number of rotatable bonds is 2. The highest BCUT2D eigenvalue weighted by atomic mass is 16.4. The number of carboxylic acids is 1. The normalized spacial score (nSPS) is 10.4.